The molecule has 1 saturated heterocycles. The predicted octanol–water partition coefficient (Wildman–Crippen LogP) is -2.47. The van der Waals surface area contributed by atoms with Gasteiger partial charge in [0.15, 0.2) is 12.4 Å². The predicted molar refractivity (Wildman–Crippen MR) is 41.3 cm³/mol. The van der Waals surface area contributed by atoms with Crippen molar-refractivity contribution in [1.82, 2.24) is 0 Å². The minimum atomic E-state index is -1.65. The van der Waals surface area contributed by atoms with Gasteiger partial charge in [-0.15, -0.1) is 0 Å². The van der Waals surface area contributed by atoms with E-state index in [0.717, 1.165) is 0 Å². The van der Waals surface area contributed by atoms with Crippen LogP contribution in [0.1, 0.15) is 0 Å². The summed E-state index contributed by atoms with van der Waals surface area (Å²) in [5.74, 6) is -1.45. The second kappa shape index (κ2) is 4.20. The molecule has 1 aliphatic rings. The average Bonchev–Trinajstić information content (AvgIpc) is 2.12. The molecule has 0 radical (unpaired) electrons. The number of methoxy groups -OCH3 is 1. The van der Waals surface area contributed by atoms with Gasteiger partial charge in [0, 0.05) is 7.11 Å². The van der Waals surface area contributed by atoms with Crippen molar-refractivity contribution in [3.05, 3.63) is 0 Å². The summed E-state index contributed by atoms with van der Waals surface area (Å²) >= 11 is 0. The van der Waals surface area contributed by atoms with Gasteiger partial charge in [-0.2, -0.15) is 0 Å². The number of carbonyl (C=O) groups is 1. The summed E-state index contributed by atoms with van der Waals surface area (Å²) in [7, 11) is 1.20. The largest absolute Gasteiger partial charge is 0.479 e. The number of hydrogen-bond donors (Lipinski definition) is 4. The first-order valence-corrected chi connectivity index (χ1v) is 3.94. The molecular weight excluding hydrogens is 196 g/mol. The third-order valence-electron chi connectivity index (χ3n) is 2.08. The Labute approximate surface area is 79.5 Å². The van der Waals surface area contributed by atoms with E-state index in [0.29, 0.717) is 0 Å². The third-order valence-corrected chi connectivity index (χ3v) is 2.08. The van der Waals surface area contributed by atoms with Crippen LogP contribution in [0.4, 0.5) is 0 Å². The van der Waals surface area contributed by atoms with Crippen molar-refractivity contribution < 1.29 is 34.7 Å². The van der Waals surface area contributed by atoms with Gasteiger partial charge in [0.2, 0.25) is 0 Å². The van der Waals surface area contributed by atoms with Crippen LogP contribution in [0, 0.1) is 0 Å². The zero-order valence-electron chi connectivity index (χ0n) is 7.40. The summed E-state index contributed by atoms with van der Waals surface area (Å²) in [5.41, 5.74) is 0. The molecule has 14 heavy (non-hydrogen) atoms. The zero-order valence-corrected chi connectivity index (χ0v) is 7.40. The minimum absolute atomic E-state index is 1.15. The van der Waals surface area contributed by atoms with Crippen LogP contribution in [0.15, 0.2) is 0 Å². The molecule has 5 atom stereocenters. The summed E-state index contributed by atoms with van der Waals surface area (Å²) in [4.78, 5) is 10.5. The second-order valence-electron chi connectivity index (χ2n) is 2.97. The van der Waals surface area contributed by atoms with Crippen molar-refractivity contribution in [3.8, 4) is 0 Å². The van der Waals surface area contributed by atoms with Gasteiger partial charge >= 0.3 is 5.97 Å². The normalized spacial score (nSPS) is 43.6. The van der Waals surface area contributed by atoms with Gasteiger partial charge in [0.25, 0.3) is 0 Å². The Morgan fingerprint density at radius 2 is 1.86 bits per heavy atom. The van der Waals surface area contributed by atoms with E-state index in [1.54, 1.807) is 0 Å². The molecule has 1 aliphatic heterocycles. The van der Waals surface area contributed by atoms with Crippen molar-refractivity contribution in [2.45, 2.75) is 30.7 Å². The lowest BCUT2D eigenvalue weighted by Crippen LogP contribution is -2.60. The van der Waals surface area contributed by atoms with Crippen LogP contribution in [0.2, 0.25) is 0 Å². The summed E-state index contributed by atoms with van der Waals surface area (Å²) in [6, 6.07) is 0. The molecule has 7 nitrogen and oxygen atoms in total. The summed E-state index contributed by atoms with van der Waals surface area (Å²) in [5, 5.41) is 36.4. The quantitative estimate of drug-likeness (QED) is 0.397. The highest BCUT2D eigenvalue weighted by Crippen LogP contribution is 2.21. The fourth-order valence-corrected chi connectivity index (χ4v) is 1.31. The SMILES string of the molecule is CO[C@@H]1[C@@H](O)[C@H](O)[C@@H](C(=O)O)O[C@@H]1O. The van der Waals surface area contributed by atoms with E-state index in [2.05, 4.69) is 9.47 Å². The molecule has 0 amide bonds. The van der Waals surface area contributed by atoms with Crippen LogP contribution >= 0.6 is 0 Å². The van der Waals surface area contributed by atoms with E-state index < -0.39 is 36.7 Å². The fraction of sp³-hybridized carbons (Fsp3) is 0.857. The molecule has 0 aliphatic carbocycles. The van der Waals surface area contributed by atoms with Gasteiger partial charge in [-0.05, 0) is 0 Å². The van der Waals surface area contributed by atoms with Crippen molar-refractivity contribution in [2.24, 2.45) is 0 Å². The average molecular weight is 208 g/mol. The van der Waals surface area contributed by atoms with E-state index >= 15 is 0 Å². The van der Waals surface area contributed by atoms with Crippen LogP contribution in [0.3, 0.4) is 0 Å². The van der Waals surface area contributed by atoms with Gasteiger partial charge in [-0.25, -0.2) is 4.79 Å². The maximum atomic E-state index is 10.5. The zero-order chi connectivity index (χ0) is 10.9. The molecule has 0 saturated carbocycles. The topological polar surface area (TPSA) is 116 Å². The summed E-state index contributed by atoms with van der Waals surface area (Å²) < 4.78 is 9.19. The van der Waals surface area contributed by atoms with Gasteiger partial charge < -0.3 is 29.9 Å². The van der Waals surface area contributed by atoms with Crippen LogP contribution in [0.5, 0.6) is 0 Å². The maximum Gasteiger partial charge on any atom is 0.335 e. The highest BCUT2D eigenvalue weighted by atomic mass is 16.7. The Morgan fingerprint density at radius 3 is 2.29 bits per heavy atom. The Hall–Kier alpha value is -0.730. The number of aliphatic hydroxyl groups excluding tert-OH is 3. The first kappa shape index (κ1) is 11.3. The molecule has 0 unspecified atom stereocenters. The summed E-state index contributed by atoms with van der Waals surface area (Å²) in [6.07, 6.45) is -7.49. The molecule has 4 N–H and O–H groups in total. The molecular formula is C7H12O7. The molecule has 0 spiro atoms. The van der Waals surface area contributed by atoms with Crippen molar-refractivity contribution >= 4 is 5.97 Å². The fourth-order valence-electron chi connectivity index (χ4n) is 1.31. The van der Waals surface area contributed by atoms with Crippen LogP contribution in [0.25, 0.3) is 0 Å². The Bertz CT molecular complexity index is 218. The maximum absolute atomic E-state index is 10.5. The van der Waals surface area contributed by atoms with Gasteiger partial charge in [0.1, 0.15) is 18.3 Å². The first-order valence-electron chi connectivity index (χ1n) is 3.94. The van der Waals surface area contributed by atoms with E-state index in [4.69, 9.17) is 5.11 Å². The molecule has 0 bridgehead atoms. The third kappa shape index (κ3) is 1.86. The molecule has 0 aromatic heterocycles. The number of aliphatic hydroxyl groups is 3. The van der Waals surface area contributed by atoms with Crippen LogP contribution < -0.4 is 0 Å². The molecule has 0 aromatic carbocycles. The monoisotopic (exact) mass is 208 g/mol. The van der Waals surface area contributed by atoms with Gasteiger partial charge in [0.05, 0.1) is 0 Å². The van der Waals surface area contributed by atoms with Crippen LogP contribution in [-0.2, 0) is 14.3 Å². The Morgan fingerprint density at radius 1 is 1.29 bits per heavy atom. The molecule has 1 fully saturated rings. The lowest BCUT2D eigenvalue weighted by atomic mass is 9.99. The number of ether oxygens (including phenoxy) is 2. The number of rotatable bonds is 2. The first-order chi connectivity index (χ1) is 6.49. The molecule has 7 heteroatoms. The minimum Gasteiger partial charge on any atom is -0.479 e. The summed E-state index contributed by atoms with van der Waals surface area (Å²) in [6.45, 7) is 0. The molecule has 0 aromatic rings. The van der Waals surface area contributed by atoms with Gasteiger partial charge in [-0.3, -0.25) is 0 Å². The standard InChI is InChI=1S/C7H12O7/c1-13-5-3(9)2(8)4(6(10)11)14-7(5)12/h2-5,7-9,12H,1H3,(H,10,11)/t2-,3-,4-,5+,7-/m0/s1. The van der Waals surface area contributed by atoms with E-state index in [1.165, 1.54) is 7.11 Å². The highest BCUT2D eigenvalue weighted by molar-refractivity contribution is 5.73. The van der Waals surface area contributed by atoms with Crippen LogP contribution in [-0.4, -0.2) is 64.2 Å². The lowest BCUT2D eigenvalue weighted by molar-refractivity contribution is -0.284. The smallest absolute Gasteiger partial charge is 0.335 e. The molecule has 1 rings (SSSR count). The van der Waals surface area contributed by atoms with Gasteiger partial charge in [-0.1, -0.05) is 0 Å². The number of carboxylic acid groups (broad SMARTS) is 1. The van der Waals surface area contributed by atoms with E-state index in [1.807, 2.05) is 0 Å². The lowest BCUT2D eigenvalue weighted by Gasteiger charge is -2.37. The second-order valence-corrected chi connectivity index (χ2v) is 2.97. The highest BCUT2D eigenvalue weighted by Gasteiger charge is 2.47. The number of aliphatic carboxylic acids is 1. The van der Waals surface area contributed by atoms with Crippen molar-refractivity contribution in [3.63, 3.8) is 0 Å². The Kier molecular flexibility index (Phi) is 3.40. The number of hydrogen-bond acceptors (Lipinski definition) is 6. The number of carboxylic acids is 1. The molecule has 82 valence electrons. The van der Waals surface area contributed by atoms with E-state index in [9.17, 15) is 20.1 Å². The van der Waals surface area contributed by atoms with Crippen molar-refractivity contribution in [2.75, 3.05) is 7.11 Å². The van der Waals surface area contributed by atoms with Crippen molar-refractivity contribution in [1.29, 1.82) is 0 Å². The Balaban J connectivity index is 2.77. The van der Waals surface area contributed by atoms with E-state index in [-0.39, 0.29) is 0 Å². The molecule has 1 heterocycles.